The van der Waals surface area contributed by atoms with E-state index in [0.29, 0.717) is 0 Å². The fourth-order valence-electron chi connectivity index (χ4n) is 5.66. The summed E-state index contributed by atoms with van der Waals surface area (Å²) in [5.41, 5.74) is -2.07. The van der Waals surface area contributed by atoms with Gasteiger partial charge in [-0.1, -0.05) is 6.58 Å². The molecule has 0 unspecified atom stereocenters. The zero-order valence-electron chi connectivity index (χ0n) is 18.1. The van der Waals surface area contributed by atoms with Crippen LogP contribution in [0, 0.1) is 17.8 Å². The molecule has 10 heteroatoms. The first-order chi connectivity index (χ1) is 14.9. The molecule has 2 aliphatic heterocycles. The average molecular weight is 471 g/mol. The molecule has 0 spiro atoms. The van der Waals surface area contributed by atoms with Gasteiger partial charge in [-0.2, -0.15) is 0 Å². The topological polar surface area (TPSA) is 132 Å². The summed E-state index contributed by atoms with van der Waals surface area (Å²) in [6.45, 7) is 8.31. The molecular weight excluding hydrogens is 444 g/mol. The minimum atomic E-state index is -1.59. The molecule has 9 nitrogen and oxygen atoms in total. The van der Waals surface area contributed by atoms with Crippen LogP contribution in [0.25, 0.3) is 0 Å². The summed E-state index contributed by atoms with van der Waals surface area (Å²) >= 11 is 6.19. The minimum Gasteiger partial charge on any atom is -0.462 e. The molecule has 2 N–H and O–H groups in total. The predicted molar refractivity (Wildman–Crippen MR) is 109 cm³/mol. The third-order valence-corrected chi connectivity index (χ3v) is 7.76. The zero-order chi connectivity index (χ0) is 23.6. The summed E-state index contributed by atoms with van der Waals surface area (Å²) in [4.78, 5) is 36.1. The van der Waals surface area contributed by atoms with Crippen molar-refractivity contribution in [2.45, 2.75) is 62.8 Å². The average Bonchev–Trinajstić information content (AvgIpc) is 3.28. The van der Waals surface area contributed by atoms with Crippen LogP contribution in [0.2, 0.25) is 0 Å². The van der Waals surface area contributed by atoms with Gasteiger partial charge in [0.05, 0.1) is 23.5 Å². The highest BCUT2D eigenvalue weighted by molar-refractivity contribution is 6.18. The lowest BCUT2D eigenvalue weighted by Gasteiger charge is -2.39. The smallest absolute Gasteiger partial charge is 0.334 e. The van der Waals surface area contributed by atoms with Crippen LogP contribution in [0.3, 0.4) is 0 Å². The highest BCUT2D eigenvalue weighted by Gasteiger charge is 2.78. The molecule has 0 amide bonds. The minimum absolute atomic E-state index is 0.0969. The number of esters is 3. The van der Waals surface area contributed by atoms with Crippen LogP contribution in [0.5, 0.6) is 0 Å². The third kappa shape index (κ3) is 3.46. The Labute approximate surface area is 190 Å². The van der Waals surface area contributed by atoms with Crippen LogP contribution in [0.15, 0.2) is 23.8 Å². The molecule has 176 valence electrons. The molecule has 2 heterocycles. The van der Waals surface area contributed by atoms with Gasteiger partial charge in [-0.25, -0.2) is 9.59 Å². The lowest BCUT2D eigenvalue weighted by molar-refractivity contribution is -0.152. The number of aliphatic hydroxyl groups is 2. The number of epoxide rings is 1. The van der Waals surface area contributed by atoms with Crippen LogP contribution in [0.1, 0.15) is 27.2 Å². The number of alkyl halides is 1. The van der Waals surface area contributed by atoms with Gasteiger partial charge < -0.3 is 29.2 Å². The number of halogens is 1. The SMILES string of the molecule is C=C1C(=O)O[C@@H]2[C@H]1[C@@H](OC(=O)/C(C)=C\COC(C)=O)C[C@](O)(CCl)[C@@H]1[C@@H](O)[C@H]3O[C@@]3(C)[C@H]21. The Morgan fingerprint density at radius 1 is 1.34 bits per heavy atom. The van der Waals surface area contributed by atoms with Gasteiger partial charge in [-0.05, 0) is 19.9 Å². The van der Waals surface area contributed by atoms with Crippen molar-refractivity contribution in [3.05, 3.63) is 23.8 Å². The second-order valence-electron chi connectivity index (χ2n) is 9.26. The van der Waals surface area contributed by atoms with Gasteiger partial charge in [-0.3, -0.25) is 4.79 Å². The van der Waals surface area contributed by atoms with Gasteiger partial charge in [0.15, 0.2) is 0 Å². The van der Waals surface area contributed by atoms with E-state index < -0.39 is 71.3 Å². The summed E-state index contributed by atoms with van der Waals surface area (Å²) in [6.07, 6.45) is -2.00. The Kier molecular flexibility index (Phi) is 5.68. The van der Waals surface area contributed by atoms with Gasteiger partial charge >= 0.3 is 17.9 Å². The first-order valence-electron chi connectivity index (χ1n) is 10.5. The van der Waals surface area contributed by atoms with E-state index in [0.717, 1.165) is 0 Å². The second kappa shape index (κ2) is 7.83. The molecule has 4 fully saturated rings. The van der Waals surface area contributed by atoms with Crippen molar-refractivity contribution in [2.75, 3.05) is 12.5 Å². The number of ether oxygens (including phenoxy) is 4. The van der Waals surface area contributed by atoms with Crippen molar-refractivity contribution in [2.24, 2.45) is 17.8 Å². The molecule has 4 rings (SSSR count). The summed E-state index contributed by atoms with van der Waals surface area (Å²) in [5.74, 6) is -4.04. The van der Waals surface area contributed by atoms with Crippen molar-refractivity contribution in [3.63, 3.8) is 0 Å². The van der Waals surface area contributed by atoms with Crippen LogP contribution >= 0.6 is 11.6 Å². The highest BCUT2D eigenvalue weighted by atomic mass is 35.5. The molecule has 2 saturated carbocycles. The maximum Gasteiger partial charge on any atom is 0.334 e. The maximum atomic E-state index is 12.7. The second-order valence-corrected chi connectivity index (χ2v) is 9.53. The Morgan fingerprint density at radius 3 is 2.66 bits per heavy atom. The Bertz CT molecular complexity index is 900. The van der Waals surface area contributed by atoms with Crippen molar-refractivity contribution < 1.29 is 43.5 Å². The Balaban J connectivity index is 1.66. The maximum absolute atomic E-state index is 12.7. The van der Waals surface area contributed by atoms with E-state index in [1.54, 1.807) is 6.92 Å². The number of hydrogen-bond acceptors (Lipinski definition) is 9. The first-order valence-corrected chi connectivity index (χ1v) is 11.0. The van der Waals surface area contributed by atoms with E-state index in [1.165, 1.54) is 19.9 Å². The predicted octanol–water partition coefficient (Wildman–Crippen LogP) is 0.643. The molecule has 0 aromatic heterocycles. The summed E-state index contributed by atoms with van der Waals surface area (Å²) in [7, 11) is 0. The van der Waals surface area contributed by atoms with Crippen LogP contribution in [-0.2, 0) is 33.3 Å². The lowest BCUT2D eigenvalue weighted by atomic mass is 9.74. The largest absolute Gasteiger partial charge is 0.462 e. The van der Waals surface area contributed by atoms with Gasteiger partial charge in [0.2, 0.25) is 0 Å². The molecule has 9 atom stereocenters. The summed E-state index contributed by atoms with van der Waals surface area (Å²) < 4.78 is 21.9. The van der Waals surface area contributed by atoms with E-state index in [1.807, 2.05) is 0 Å². The van der Waals surface area contributed by atoms with Gasteiger partial charge in [0.1, 0.15) is 30.5 Å². The van der Waals surface area contributed by atoms with Crippen LogP contribution in [0.4, 0.5) is 0 Å². The monoisotopic (exact) mass is 470 g/mol. The van der Waals surface area contributed by atoms with E-state index in [9.17, 15) is 24.6 Å². The fourth-order valence-corrected chi connectivity index (χ4v) is 5.95. The number of rotatable bonds is 5. The van der Waals surface area contributed by atoms with Crippen molar-refractivity contribution >= 4 is 29.5 Å². The van der Waals surface area contributed by atoms with Crippen molar-refractivity contribution in [3.8, 4) is 0 Å². The van der Waals surface area contributed by atoms with Gasteiger partial charge in [0, 0.05) is 36.3 Å². The molecular formula is C22H27ClO9. The Hall–Kier alpha value is -1.94. The quantitative estimate of drug-likeness (QED) is 0.195. The first kappa shape index (κ1) is 23.2. The number of aliphatic hydroxyl groups excluding tert-OH is 1. The molecule has 2 aliphatic carbocycles. The standard InChI is InChI=1S/C22H27ClO9/c1-9(5-6-29-11(3)24)19(26)30-12-7-22(28,8-23)14-15(21(4)18(32-21)16(14)25)17-13(12)10(2)20(27)31-17/h5,12-18,25,28H,2,6-8H2,1,3-4H3/b9-5-/t12-,13+,14-,15-,16+,17+,18+,21-,22-/m0/s1. The zero-order valence-corrected chi connectivity index (χ0v) is 18.8. The van der Waals surface area contributed by atoms with E-state index in [4.69, 9.17) is 30.5 Å². The Morgan fingerprint density at radius 2 is 2.03 bits per heavy atom. The van der Waals surface area contributed by atoms with Gasteiger partial charge in [-0.15, -0.1) is 11.6 Å². The number of carbonyl (C=O) groups excluding carboxylic acids is 3. The van der Waals surface area contributed by atoms with Crippen LogP contribution in [-0.4, -0.2) is 76.2 Å². The highest BCUT2D eigenvalue weighted by Crippen LogP contribution is 2.64. The van der Waals surface area contributed by atoms with Crippen LogP contribution < -0.4 is 0 Å². The molecule has 2 saturated heterocycles. The molecule has 0 radical (unpaired) electrons. The molecule has 0 aromatic rings. The molecule has 4 aliphatic rings. The third-order valence-electron chi connectivity index (χ3n) is 7.29. The van der Waals surface area contributed by atoms with E-state index >= 15 is 0 Å². The van der Waals surface area contributed by atoms with Gasteiger partial charge in [0.25, 0.3) is 0 Å². The normalized spacial score (nSPS) is 44.7. The summed E-state index contributed by atoms with van der Waals surface area (Å²) in [6, 6.07) is 0. The number of carbonyl (C=O) groups is 3. The van der Waals surface area contributed by atoms with Crippen molar-refractivity contribution in [1.82, 2.24) is 0 Å². The van der Waals surface area contributed by atoms with E-state index in [-0.39, 0.29) is 30.1 Å². The van der Waals surface area contributed by atoms with E-state index in [2.05, 4.69) is 6.58 Å². The molecule has 0 aromatic carbocycles. The summed E-state index contributed by atoms with van der Waals surface area (Å²) in [5, 5.41) is 22.4. The van der Waals surface area contributed by atoms with Crippen molar-refractivity contribution in [1.29, 1.82) is 0 Å². The molecule has 0 bridgehead atoms. The molecule has 32 heavy (non-hydrogen) atoms. The number of hydrogen-bond donors (Lipinski definition) is 2. The lowest BCUT2D eigenvalue weighted by Crippen LogP contribution is -2.51. The fraction of sp³-hybridized carbons (Fsp3) is 0.682. The number of fused-ring (bicyclic) bond motifs is 5.